The van der Waals surface area contributed by atoms with Gasteiger partial charge in [-0.15, -0.1) is 0 Å². The van der Waals surface area contributed by atoms with Crippen LogP contribution in [0.4, 0.5) is 13.2 Å². The first-order valence-corrected chi connectivity index (χ1v) is 7.28. The standard InChI is InChI=1S/C15H18F3N5O/c1-10-22-13(24-23-10)6-7-20-14(19-2)21-9-11-4-3-5-12(8-11)15(16,17)18/h3-5,8H,6-7,9H2,1-2H3,(H2,19,20,21). The highest BCUT2D eigenvalue weighted by atomic mass is 19.4. The summed E-state index contributed by atoms with van der Waals surface area (Å²) < 4.78 is 43.0. The second-order valence-electron chi connectivity index (χ2n) is 5.04. The third kappa shape index (κ3) is 5.25. The Morgan fingerprint density at radius 2 is 2.08 bits per heavy atom. The molecule has 0 aliphatic rings. The number of aliphatic imine (C=N–C) groups is 1. The Hall–Kier alpha value is -2.58. The minimum atomic E-state index is -4.35. The predicted molar refractivity (Wildman–Crippen MR) is 82.4 cm³/mol. The van der Waals surface area contributed by atoms with E-state index in [9.17, 15) is 13.2 Å². The number of alkyl halides is 3. The molecular formula is C15H18F3N5O. The Morgan fingerprint density at radius 1 is 1.29 bits per heavy atom. The quantitative estimate of drug-likeness (QED) is 0.645. The number of hydrogen-bond donors (Lipinski definition) is 2. The third-order valence-electron chi connectivity index (χ3n) is 3.14. The minimum absolute atomic E-state index is 0.225. The van der Waals surface area contributed by atoms with Crippen molar-refractivity contribution in [3.8, 4) is 0 Å². The van der Waals surface area contributed by atoms with Crippen LogP contribution in [0.2, 0.25) is 0 Å². The van der Waals surface area contributed by atoms with E-state index in [4.69, 9.17) is 4.52 Å². The molecule has 0 saturated heterocycles. The molecule has 0 fully saturated rings. The largest absolute Gasteiger partial charge is 0.416 e. The van der Waals surface area contributed by atoms with Gasteiger partial charge in [-0.25, -0.2) is 0 Å². The van der Waals surface area contributed by atoms with E-state index in [1.54, 1.807) is 20.0 Å². The number of benzene rings is 1. The van der Waals surface area contributed by atoms with E-state index in [1.165, 1.54) is 6.07 Å². The van der Waals surface area contributed by atoms with Crippen LogP contribution in [0.15, 0.2) is 33.8 Å². The fourth-order valence-electron chi connectivity index (χ4n) is 1.99. The van der Waals surface area contributed by atoms with Gasteiger partial charge in [0.05, 0.1) is 5.56 Å². The van der Waals surface area contributed by atoms with E-state index in [2.05, 4.69) is 25.8 Å². The second kappa shape index (κ2) is 7.80. The highest BCUT2D eigenvalue weighted by Crippen LogP contribution is 2.29. The molecule has 9 heteroatoms. The molecule has 0 radical (unpaired) electrons. The first-order chi connectivity index (χ1) is 11.4. The van der Waals surface area contributed by atoms with Gasteiger partial charge in [-0.2, -0.15) is 18.2 Å². The van der Waals surface area contributed by atoms with Crippen molar-refractivity contribution in [2.75, 3.05) is 13.6 Å². The zero-order valence-electron chi connectivity index (χ0n) is 13.3. The third-order valence-corrected chi connectivity index (χ3v) is 3.14. The molecule has 0 aliphatic heterocycles. The maximum Gasteiger partial charge on any atom is 0.416 e. The summed E-state index contributed by atoms with van der Waals surface area (Å²) in [6.07, 6.45) is -3.83. The van der Waals surface area contributed by atoms with Gasteiger partial charge in [-0.1, -0.05) is 17.3 Å². The molecule has 6 nitrogen and oxygen atoms in total. The first kappa shape index (κ1) is 17.8. The van der Waals surface area contributed by atoms with E-state index < -0.39 is 11.7 Å². The van der Waals surface area contributed by atoms with Crippen molar-refractivity contribution in [2.45, 2.75) is 26.1 Å². The van der Waals surface area contributed by atoms with Gasteiger partial charge < -0.3 is 15.2 Å². The number of nitrogens with zero attached hydrogens (tertiary/aromatic N) is 3. The monoisotopic (exact) mass is 341 g/mol. The lowest BCUT2D eigenvalue weighted by Crippen LogP contribution is -2.37. The van der Waals surface area contributed by atoms with Crippen LogP contribution in [0.1, 0.15) is 22.8 Å². The van der Waals surface area contributed by atoms with Gasteiger partial charge in [0.1, 0.15) is 0 Å². The molecule has 2 aromatic rings. The summed E-state index contributed by atoms with van der Waals surface area (Å²) >= 11 is 0. The SMILES string of the molecule is CN=C(NCCc1nc(C)no1)NCc1cccc(C(F)(F)F)c1. The fraction of sp³-hybridized carbons (Fsp3) is 0.400. The van der Waals surface area contributed by atoms with E-state index in [1.807, 2.05) is 0 Å². The van der Waals surface area contributed by atoms with E-state index in [0.29, 0.717) is 36.2 Å². The number of hydrogen-bond acceptors (Lipinski definition) is 4. The zero-order valence-corrected chi connectivity index (χ0v) is 13.3. The summed E-state index contributed by atoms with van der Waals surface area (Å²) in [6.45, 7) is 2.46. The van der Waals surface area contributed by atoms with Gasteiger partial charge in [0.2, 0.25) is 5.89 Å². The van der Waals surface area contributed by atoms with Crippen LogP contribution in [0.25, 0.3) is 0 Å². The lowest BCUT2D eigenvalue weighted by Gasteiger charge is -2.12. The maximum absolute atomic E-state index is 12.7. The molecule has 0 atom stereocenters. The van der Waals surface area contributed by atoms with Crippen molar-refractivity contribution in [3.63, 3.8) is 0 Å². The van der Waals surface area contributed by atoms with Gasteiger partial charge >= 0.3 is 6.18 Å². The van der Waals surface area contributed by atoms with Gasteiger partial charge in [0.25, 0.3) is 0 Å². The second-order valence-corrected chi connectivity index (χ2v) is 5.04. The Morgan fingerprint density at radius 3 is 2.71 bits per heavy atom. The molecule has 24 heavy (non-hydrogen) atoms. The lowest BCUT2D eigenvalue weighted by atomic mass is 10.1. The molecule has 0 amide bonds. The molecule has 130 valence electrons. The normalized spacial score (nSPS) is 12.3. The van der Waals surface area contributed by atoms with Crippen LogP contribution < -0.4 is 10.6 Å². The number of aromatic nitrogens is 2. The van der Waals surface area contributed by atoms with Crippen LogP contribution >= 0.6 is 0 Å². The predicted octanol–water partition coefficient (Wildman–Crippen LogP) is 2.30. The van der Waals surface area contributed by atoms with Crippen molar-refractivity contribution < 1.29 is 17.7 Å². The van der Waals surface area contributed by atoms with Gasteiger partial charge in [0, 0.05) is 26.6 Å². The topological polar surface area (TPSA) is 75.3 Å². The molecule has 1 heterocycles. The molecule has 1 aromatic heterocycles. The van der Waals surface area contributed by atoms with Crippen LogP contribution in [-0.2, 0) is 19.1 Å². The highest BCUT2D eigenvalue weighted by Gasteiger charge is 2.30. The average Bonchev–Trinajstić information content (AvgIpc) is 2.95. The number of aryl methyl sites for hydroxylation is 1. The Kier molecular flexibility index (Phi) is 5.78. The lowest BCUT2D eigenvalue weighted by molar-refractivity contribution is -0.137. The number of guanidine groups is 1. The summed E-state index contributed by atoms with van der Waals surface area (Å²) in [5.41, 5.74) is -0.156. The first-order valence-electron chi connectivity index (χ1n) is 7.28. The van der Waals surface area contributed by atoms with Crippen molar-refractivity contribution in [1.29, 1.82) is 0 Å². The van der Waals surface area contributed by atoms with Gasteiger partial charge in [-0.05, 0) is 24.6 Å². The maximum atomic E-state index is 12.7. The smallest absolute Gasteiger partial charge is 0.356 e. The van der Waals surface area contributed by atoms with E-state index in [-0.39, 0.29) is 6.54 Å². The van der Waals surface area contributed by atoms with Crippen molar-refractivity contribution >= 4 is 5.96 Å². The Bertz CT molecular complexity index is 696. The van der Waals surface area contributed by atoms with Crippen LogP contribution in [0, 0.1) is 6.92 Å². The molecule has 0 saturated carbocycles. The zero-order chi connectivity index (χ0) is 17.6. The van der Waals surface area contributed by atoms with Crippen molar-refractivity contribution in [3.05, 3.63) is 47.1 Å². The molecule has 2 N–H and O–H groups in total. The van der Waals surface area contributed by atoms with Gasteiger partial charge in [0.15, 0.2) is 11.8 Å². The molecule has 0 unspecified atom stereocenters. The number of nitrogens with one attached hydrogen (secondary N) is 2. The van der Waals surface area contributed by atoms with Crippen LogP contribution in [0.5, 0.6) is 0 Å². The highest BCUT2D eigenvalue weighted by molar-refractivity contribution is 5.79. The summed E-state index contributed by atoms with van der Waals surface area (Å²) in [6, 6.07) is 5.16. The molecule has 0 bridgehead atoms. The molecule has 2 rings (SSSR count). The summed E-state index contributed by atoms with van der Waals surface area (Å²) in [7, 11) is 1.58. The van der Waals surface area contributed by atoms with Gasteiger partial charge in [-0.3, -0.25) is 4.99 Å². The number of rotatable bonds is 5. The molecule has 0 aliphatic carbocycles. The van der Waals surface area contributed by atoms with E-state index in [0.717, 1.165) is 12.1 Å². The number of halogens is 3. The van der Waals surface area contributed by atoms with E-state index >= 15 is 0 Å². The van der Waals surface area contributed by atoms with Crippen LogP contribution in [-0.4, -0.2) is 29.7 Å². The molecule has 0 spiro atoms. The summed E-state index contributed by atoms with van der Waals surface area (Å²) in [4.78, 5) is 8.09. The summed E-state index contributed by atoms with van der Waals surface area (Å²) in [5.74, 6) is 1.55. The fourth-order valence-corrected chi connectivity index (χ4v) is 1.99. The Balaban J connectivity index is 1.83. The van der Waals surface area contributed by atoms with Crippen LogP contribution in [0.3, 0.4) is 0 Å². The minimum Gasteiger partial charge on any atom is -0.356 e. The summed E-state index contributed by atoms with van der Waals surface area (Å²) in [5, 5.41) is 9.68. The average molecular weight is 341 g/mol. The van der Waals surface area contributed by atoms with Crippen molar-refractivity contribution in [1.82, 2.24) is 20.8 Å². The molecule has 1 aromatic carbocycles. The van der Waals surface area contributed by atoms with Crippen molar-refractivity contribution in [2.24, 2.45) is 4.99 Å². The Labute approximate surface area is 137 Å². The molecular weight excluding hydrogens is 323 g/mol.